The van der Waals surface area contributed by atoms with Gasteiger partial charge in [0, 0.05) is 10.7 Å². The number of halogens is 1. The van der Waals surface area contributed by atoms with E-state index in [2.05, 4.69) is 42.4 Å². The summed E-state index contributed by atoms with van der Waals surface area (Å²) in [4.78, 5) is 8.30. The minimum atomic E-state index is 0.873. The number of hydrogen-bond acceptors (Lipinski definition) is 2. The lowest BCUT2D eigenvalue weighted by molar-refractivity contribution is 1.21. The summed E-state index contributed by atoms with van der Waals surface area (Å²) < 4.78 is 2.76. The summed E-state index contributed by atoms with van der Waals surface area (Å²) in [5.41, 5.74) is 1.77. The third-order valence-corrected chi connectivity index (χ3v) is 2.19. The van der Waals surface area contributed by atoms with Crippen LogP contribution in [0, 0.1) is 0 Å². The number of rotatable bonds is 0. The van der Waals surface area contributed by atoms with Crippen molar-refractivity contribution in [3.63, 3.8) is 0 Å². The molecule has 0 bridgehead atoms. The van der Waals surface area contributed by atoms with E-state index in [1.54, 1.807) is 12.5 Å². The topological polar surface area (TPSA) is 30.7 Å². The van der Waals surface area contributed by atoms with E-state index in [-0.39, 0.29) is 0 Å². The minimum absolute atomic E-state index is 0.873. The van der Waals surface area contributed by atoms with Crippen LogP contribution in [0.25, 0.3) is 11.2 Å². The molecule has 3 nitrogen and oxygen atoms in total. The van der Waals surface area contributed by atoms with Crippen LogP contribution in [0.4, 0.5) is 0 Å². The molecule has 0 atom stereocenters. The average molecular weight is 224 g/mol. The van der Waals surface area contributed by atoms with Gasteiger partial charge in [-0.3, -0.25) is 0 Å². The molecule has 2 radical (unpaired) electrons. The van der Waals surface area contributed by atoms with Crippen LogP contribution in [0.5, 0.6) is 0 Å². The molecule has 11 heavy (non-hydrogen) atoms. The third kappa shape index (κ3) is 1.20. The maximum atomic E-state index is 4.17. The van der Waals surface area contributed by atoms with Gasteiger partial charge in [0.25, 0.3) is 0 Å². The summed E-state index contributed by atoms with van der Waals surface area (Å²) in [7, 11) is 0. The highest BCUT2D eigenvalue weighted by atomic mass is 79.9. The number of fused-ring (bicyclic) bond motifs is 1. The molecule has 0 aromatic carbocycles. The average Bonchev–Trinajstić information content (AvgIpc) is 2.32. The second kappa shape index (κ2) is 2.59. The van der Waals surface area contributed by atoms with Crippen molar-refractivity contribution in [2.45, 2.75) is 0 Å². The quantitative estimate of drug-likeness (QED) is 0.628. The molecule has 0 unspecified atom stereocenters. The molecule has 0 aliphatic carbocycles. The minimum Gasteiger partial charge on any atom is -0.428 e. The van der Waals surface area contributed by atoms with Gasteiger partial charge in [-0.2, -0.15) is 0 Å². The molecular formula is C6H3AlBrN3. The lowest BCUT2D eigenvalue weighted by atomic mass is 10.4. The van der Waals surface area contributed by atoms with Crippen LogP contribution < -0.4 is 0 Å². The van der Waals surface area contributed by atoms with Crippen LogP contribution >= 0.6 is 15.9 Å². The van der Waals surface area contributed by atoms with E-state index in [0.717, 1.165) is 15.6 Å². The first-order valence-corrected chi connectivity index (χ1v) is 4.32. The lowest BCUT2D eigenvalue weighted by Gasteiger charge is -1.93. The van der Waals surface area contributed by atoms with Crippen molar-refractivity contribution in [2.24, 2.45) is 0 Å². The molecule has 2 rings (SSSR count). The van der Waals surface area contributed by atoms with Gasteiger partial charge in [-0.05, 0) is 22.0 Å². The highest BCUT2D eigenvalue weighted by Gasteiger charge is 1.98. The fraction of sp³-hybridized carbons (Fsp3) is 0. The van der Waals surface area contributed by atoms with Crippen molar-refractivity contribution in [1.29, 1.82) is 0 Å². The number of imidazole rings is 1. The van der Waals surface area contributed by atoms with Crippen molar-refractivity contribution in [2.75, 3.05) is 0 Å². The van der Waals surface area contributed by atoms with Crippen LogP contribution in [-0.2, 0) is 0 Å². The van der Waals surface area contributed by atoms with Crippen molar-refractivity contribution in [3.8, 4) is 0 Å². The summed E-state index contributed by atoms with van der Waals surface area (Å²) >= 11 is 5.85. The zero-order valence-electron chi connectivity index (χ0n) is 5.53. The second-order valence-corrected chi connectivity index (χ2v) is 3.62. The van der Waals surface area contributed by atoms with Gasteiger partial charge in [0.1, 0.15) is 11.2 Å². The molecule has 0 aliphatic heterocycles. The standard InChI is InChI=1S/C6H3BrN3.Al/c7-4-1-5-6(8-2-4)10-3-9-5;/h1-3H;/q-1;+1. The molecule has 0 saturated heterocycles. The first-order chi connectivity index (χ1) is 5.27. The molecule has 0 saturated carbocycles. The number of hydrogen-bond donors (Lipinski definition) is 0. The molecule has 2 aromatic rings. The summed E-state index contributed by atoms with van der Waals surface area (Å²) in [5.74, 6) is 0. The van der Waals surface area contributed by atoms with Crippen molar-refractivity contribution in [3.05, 3.63) is 23.1 Å². The first kappa shape index (κ1) is 7.29. The highest BCUT2D eigenvalue weighted by molar-refractivity contribution is 9.10. The zero-order valence-corrected chi connectivity index (χ0v) is 8.27. The van der Waals surface area contributed by atoms with Crippen molar-refractivity contribution < 1.29 is 0 Å². The molecule has 0 spiro atoms. The Bertz CT molecular complexity index is 398. The summed E-state index contributed by atoms with van der Waals surface area (Å²) in [6.45, 7) is 0. The molecule has 0 aliphatic rings. The highest BCUT2D eigenvalue weighted by Crippen LogP contribution is 2.14. The van der Waals surface area contributed by atoms with E-state index in [1.807, 2.05) is 9.62 Å². The summed E-state index contributed by atoms with van der Waals surface area (Å²) in [5, 5.41) is 0. The predicted molar refractivity (Wildman–Crippen MR) is 46.4 cm³/mol. The Morgan fingerprint density at radius 2 is 2.27 bits per heavy atom. The van der Waals surface area contributed by atoms with Crippen LogP contribution in [0.2, 0.25) is 0 Å². The van der Waals surface area contributed by atoms with Crippen LogP contribution in [0.3, 0.4) is 0 Å². The Morgan fingerprint density at radius 1 is 1.45 bits per heavy atom. The third-order valence-electron chi connectivity index (χ3n) is 1.38. The Labute approximate surface area is 80.2 Å². The smallest absolute Gasteiger partial charge is 0.322 e. The normalized spacial score (nSPS) is 10.6. The Balaban J connectivity index is 2.86. The van der Waals surface area contributed by atoms with E-state index in [9.17, 15) is 0 Å². The Hall–Kier alpha value is -0.368. The van der Waals surface area contributed by atoms with E-state index >= 15 is 0 Å². The van der Waals surface area contributed by atoms with Gasteiger partial charge in [-0.15, -0.1) is 0 Å². The van der Waals surface area contributed by atoms with Crippen LogP contribution in [0.1, 0.15) is 0 Å². The first-order valence-electron chi connectivity index (χ1n) is 3.01. The maximum absolute atomic E-state index is 4.17. The van der Waals surface area contributed by atoms with Gasteiger partial charge < -0.3 is 3.55 Å². The fourth-order valence-electron chi connectivity index (χ4n) is 0.894. The van der Waals surface area contributed by atoms with Gasteiger partial charge in [-0.25, -0.2) is 9.97 Å². The molecule has 2 aromatic heterocycles. The SMILES string of the molecule is [Al][n]1cnc2cc(Br)cnc21. The van der Waals surface area contributed by atoms with Gasteiger partial charge >= 0.3 is 16.5 Å². The lowest BCUT2D eigenvalue weighted by Crippen LogP contribution is -1.89. The van der Waals surface area contributed by atoms with Gasteiger partial charge in [0.05, 0.1) is 6.33 Å². The molecule has 0 fully saturated rings. The maximum Gasteiger partial charge on any atom is 0.322 e. The Morgan fingerprint density at radius 3 is 3.09 bits per heavy atom. The number of pyridine rings is 1. The monoisotopic (exact) mass is 223 g/mol. The fourth-order valence-corrected chi connectivity index (χ4v) is 1.48. The summed E-state index contributed by atoms with van der Waals surface area (Å²) in [6, 6.07) is 1.93. The molecular weight excluding hydrogens is 221 g/mol. The van der Waals surface area contributed by atoms with Crippen LogP contribution in [0.15, 0.2) is 23.1 Å². The van der Waals surface area contributed by atoms with Gasteiger partial charge in [0.15, 0.2) is 0 Å². The van der Waals surface area contributed by atoms with E-state index in [0.29, 0.717) is 0 Å². The predicted octanol–water partition coefficient (Wildman–Crippen LogP) is 1.13. The van der Waals surface area contributed by atoms with Gasteiger partial charge in [-0.1, -0.05) is 0 Å². The molecule has 0 N–H and O–H groups in total. The van der Waals surface area contributed by atoms with Crippen molar-refractivity contribution >= 4 is 43.6 Å². The summed E-state index contributed by atoms with van der Waals surface area (Å²) in [6.07, 6.45) is 3.47. The molecule has 2 heterocycles. The van der Waals surface area contributed by atoms with E-state index in [4.69, 9.17) is 0 Å². The van der Waals surface area contributed by atoms with E-state index in [1.165, 1.54) is 0 Å². The van der Waals surface area contributed by atoms with Gasteiger partial charge in [0.2, 0.25) is 0 Å². The zero-order chi connectivity index (χ0) is 7.84. The Kier molecular flexibility index (Phi) is 1.72. The molecule has 5 heteroatoms. The van der Waals surface area contributed by atoms with E-state index < -0.39 is 0 Å². The number of aromatic nitrogens is 3. The number of nitrogens with zero attached hydrogens (tertiary/aromatic N) is 3. The largest absolute Gasteiger partial charge is 0.428 e. The van der Waals surface area contributed by atoms with Crippen molar-refractivity contribution in [1.82, 2.24) is 13.5 Å². The molecule has 0 amide bonds. The molecule has 52 valence electrons. The van der Waals surface area contributed by atoms with Crippen LogP contribution in [-0.4, -0.2) is 30.0 Å². The second-order valence-electron chi connectivity index (χ2n) is 2.15.